The van der Waals surface area contributed by atoms with E-state index in [4.69, 9.17) is 5.26 Å². The van der Waals surface area contributed by atoms with Gasteiger partial charge in [0, 0.05) is 12.1 Å². The summed E-state index contributed by atoms with van der Waals surface area (Å²) in [6.45, 7) is 3.89. The molecule has 0 saturated carbocycles. The Labute approximate surface area is 96.1 Å². The lowest BCUT2D eigenvalue weighted by Crippen LogP contribution is -2.11. The van der Waals surface area contributed by atoms with E-state index in [1.165, 1.54) is 0 Å². The van der Waals surface area contributed by atoms with Gasteiger partial charge >= 0.3 is 0 Å². The molecule has 1 amide bonds. The third-order valence-electron chi connectivity index (χ3n) is 2.35. The zero-order valence-electron chi connectivity index (χ0n) is 9.71. The van der Waals surface area contributed by atoms with Crippen molar-refractivity contribution in [3.63, 3.8) is 0 Å². The third-order valence-corrected chi connectivity index (χ3v) is 2.35. The van der Waals surface area contributed by atoms with Gasteiger partial charge in [-0.25, -0.2) is 0 Å². The van der Waals surface area contributed by atoms with Crippen LogP contribution in [0.25, 0.3) is 0 Å². The predicted molar refractivity (Wildman–Crippen MR) is 64.1 cm³/mol. The zero-order chi connectivity index (χ0) is 12.0. The van der Waals surface area contributed by atoms with E-state index in [0.29, 0.717) is 12.0 Å². The predicted octanol–water partition coefficient (Wildman–Crippen LogP) is 2.86. The molecular formula is C13H16N2O. The molecule has 84 valence electrons. The van der Waals surface area contributed by atoms with Gasteiger partial charge in [-0.3, -0.25) is 4.79 Å². The topological polar surface area (TPSA) is 52.9 Å². The molecular weight excluding hydrogens is 200 g/mol. The van der Waals surface area contributed by atoms with Crippen molar-refractivity contribution in [2.75, 3.05) is 5.32 Å². The Hall–Kier alpha value is -1.82. The number of nitrogens with zero attached hydrogens (tertiary/aromatic N) is 1. The van der Waals surface area contributed by atoms with Gasteiger partial charge in [-0.05, 0) is 30.2 Å². The zero-order valence-corrected chi connectivity index (χ0v) is 9.71. The Morgan fingerprint density at radius 3 is 2.75 bits per heavy atom. The SMILES string of the molecule is CCCc1cc(C#N)ccc1NC(=O)CC. The summed E-state index contributed by atoms with van der Waals surface area (Å²) in [4.78, 5) is 11.3. The molecule has 0 atom stereocenters. The second-order valence-corrected chi connectivity index (χ2v) is 3.64. The molecule has 3 heteroatoms. The molecule has 1 aromatic carbocycles. The van der Waals surface area contributed by atoms with E-state index in [-0.39, 0.29) is 5.91 Å². The minimum atomic E-state index is 0.00191. The van der Waals surface area contributed by atoms with Gasteiger partial charge in [-0.1, -0.05) is 20.3 Å². The average molecular weight is 216 g/mol. The quantitative estimate of drug-likeness (QED) is 0.841. The maximum absolute atomic E-state index is 11.3. The lowest BCUT2D eigenvalue weighted by Gasteiger charge is -2.10. The Kier molecular flexibility index (Phi) is 4.53. The molecule has 0 heterocycles. The van der Waals surface area contributed by atoms with Gasteiger partial charge in [0.25, 0.3) is 0 Å². The van der Waals surface area contributed by atoms with Crippen molar-refractivity contribution in [2.45, 2.75) is 33.1 Å². The Morgan fingerprint density at radius 1 is 1.44 bits per heavy atom. The summed E-state index contributed by atoms with van der Waals surface area (Å²) in [5.41, 5.74) is 2.49. The molecule has 0 radical (unpaired) electrons. The summed E-state index contributed by atoms with van der Waals surface area (Å²) in [5.74, 6) is 0.00191. The largest absolute Gasteiger partial charge is 0.326 e. The highest BCUT2D eigenvalue weighted by Crippen LogP contribution is 2.19. The van der Waals surface area contributed by atoms with Crippen LogP contribution in [0.15, 0.2) is 18.2 Å². The molecule has 0 saturated heterocycles. The number of amides is 1. The van der Waals surface area contributed by atoms with Gasteiger partial charge < -0.3 is 5.32 Å². The first-order valence-corrected chi connectivity index (χ1v) is 5.54. The Bertz CT molecular complexity index is 418. The summed E-state index contributed by atoms with van der Waals surface area (Å²) >= 11 is 0. The number of hydrogen-bond acceptors (Lipinski definition) is 2. The number of anilines is 1. The number of nitrogens with one attached hydrogen (secondary N) is 1. The van der Waals surface area contributed by atoms with Gasteiger partial charge in [0.1, 0.15) is 0 Å². The van der Waals surface area contributed by atoms with Crippen LogP contribution in [0.4, 0.5) is 5.69 Å². The van der Waals surface area contributed by atoms with E-state index in [1.807, 2.05) is 13.0 Å². The molecule has 3 nitrogen and oxygen atoms in total. The highest BCUT2D eigenvalue weighted by Gasteiger charge is 2.05. The van der Waals surface area contributed by atoms with Gasteiger partial charge in [0.2, 0.25) is 5.91 Å². The molecule has 0 aliphatic rings. The smallest absolute Gasteiger partial charge is 0.224 e. The van der Waals surface area contributed by atoms with E-state index in [9.17, 15) is 4.79 Å². The first kappa shape index (κ1) is 12.3. The van der Waals surface area contributed by atoms with Crippen LogP contribution >= 0.6 is 0 Å². The van der Waals surface area contributed by atoms with E-state index in [1.54, 1.807) is 12.1 Å². The lowest BCUT2D eigenvalue weighted by atomic mass is 10.0. The molecule has 0 unspecified atom stereocenters. The van der Waals surface area contributed by atoms with Crippen LogP contribution in [0.5, 0.6) is 0 Å². The number of rotatable bonds is 4. The molecule has 0 aromatic heterocycles. The molecule has 0 aliphatic heterocycles. The summed E-state index contributed by atoms with van der Waals surface area (Å²) in [7, 11) is 0. The highest BCUT2D eigenvalue weighted by atomic mass is 16.1. The first-order valence-electron chi connectivity index (χ1n) is 5.54. The van der Waals surface area contributed by atoms with Crippen molar-refractivity contribution >= 4 is 11.6 Å². The number of carbonyl (C=O) groups excluding carboxylic acids is 1. The first-order chi connectivity index (χ1) is 7.71. The summed E-state index contributed by atoms with van der Waals surface area (Å²) in [5, 5.41) is 11.7. The van der Waals surface area contributed by atoms with Crippen LogP contribution in [0, 0.1) is 11.3 Å². The maximum Gasteiger partial charge on any atom is 0.224 e. The number of aryl methyl sites for hydroxylation is 1. The maximum atomic E-state index is 11.3. The van der Waals surface area contributed by atoms with Crippen molar-refractivity contribution < 1.29 is 4.79 Å². The van der Waals surface area contributed by atoms with E-state index in [0.717, 1.165) is 24.1 Å². The summed E-state index contributed by atoms with van der Waals surface area (Å²) in [6, 6.07) is 7.48. The fourth-order valence-electron chi connectivity index (χ4n) is 1.50. The van der Waals surface area contributed by atoms with E-state index >= 15 is 0 Å². The van der Waals surface area contributed by atoms with E-state index < -0.39 is 0 Å². The number of nitriles is 1. The lowest BCUT2D eigenvalue weighted by molar-refractivity contribution is -0.115. The van der Waals surface area contributed by atoms with Gasteiger partial charge in [-0.15, -0.1) is 0 Å². The van der Waals surface area contributed by atoms with Gasteiger partial charge in [0.15, 0.2) is 0 Å². The summed E-state index contributed by atoms with van der Waals surface area (Å²) < 4.78 is 0. The van der Waals surface area contributed by atoms with Gasteiger partial charge in [0.05, 0.1) is 11.6 Å². The fourth-order valence-corrected chi connectivity index (χ4v) is 1.50. The van der Waals surface area contributed by atoms with Crippen LogP contribution < -0.4 is 5.32 Å². The molecule has 0 bridgehead atoms. The molecule has 0 spiro atoms. The van der Waals surface area contributed by atoms with Crippen LogP contribution in [-0.4, -0.2) is 5.91 Å². The average Bonchev–Trinajstić information content (AvgIpc) is 2.31. The van der Waals surface area contributed by atoms with Crippen LogP contribution in [0.1, 0.15) is 37.8 Å². The number of carbonyl (C=O) groups is 1. The molecule has 0 aliphatic carbocycles. The Balaban J connectivity index is 2.98. The minimum absolute atomic E-state index is 0.00191. The van der Waals surface area contributed by atoms with E-state index in [2.05, 4.69) is 18.3 Å². The minimum Gasteiger partial charge on any atom is -0.326 e. The van der Waals surface area contributed by atoms with Crippen molar-refractivity contribution in [1.82, 2.24) is 0 Å². The van der Waals surface area contributed by atoms with Gasteiger partial charge in [-0.2, -0.15) is 5.26 Å². The van der Waals surface area contributed by atoms with Crippen molar-refractivity contribution in [3.05, 3.63) is 29.3 Å². The standard InChI is InChI=1S/C13H16N2O/c1-3-5-11-8-10(9-14)6-7-12(11)15-13(16)4-2/h6-8H,3-5H2,1-2H3,(H,15,16). The van der Waals surface area contributed by atoms with Crippen molar-refractivity contribution in [2.24, 2.45) is 0 Å². The van der Waals surface area contributed by atoms with Crippen molar-refractivity contribution in [3.8, 4) is 6.07 Å². The molecule has 1 aromatic rings. The van der Waals surface area contributed by atoms with Crippen LogP contribution in [0.3, 0.4) is 0 Å². The van der Waals surface area contributed by atoms with Crippen LogP contribution in [-0.2, 0) is 11.2 Å². The highest BCUT2D eigenvalue weighted by molar-refractivity contribution is 5.91. The molecule has 1 N–H and O–H groups in total. The monoisotopic (exact) mass is 216 g/mol. The second-order valence-electron chi connectivity index (χ2n) is 3.64. The molecule has 1 rings (SSSR count). The Morgan fingerprint density at radius 2 is 2.19 bits per heavy atom. The normalized spacial score (nSPS) is 9.56. The summed E-state index contributed by atoms with van der Waals surface area (Å²) in [6.07, 6.45) is 2.32. The number of hydrogen-bond donors (Lipinski definition) is 1. The van der Waals surface area contributed by atoms with Crippen molar-refractivity contribution in [1.29, 1.82) is 5.26 Å². The number of benzene rings is 1. The molecule has 16 heavy (non-hydrogen) atoms. The van der Waals surface area contributed by atoms with Crippen LogP contribution in [0.2, 0.25) is 0 Å². The molecule has 0 fully saturated rings. The third kappa shape index (κ3) is 3.09. The fraction of sp³-hybridized carbons (Fsp3) is 0.385. The second kappa shape index (κ2) is 5.92.